The molecule has 0 atom stereocenters. The first kappa shape index (κ1) is 21.8. The van der Waals surface area contributed by atoms with Gasteiger partial charge in [-0.2, -0.15) is 0 Å². The second-order valence-electron chi connectivity index (χ2n) is 5.79. The molecule has 0 amide bonds. The van der Waals surface area contributed by atoms with E-state index in [0.717, 1.165) is 59.2 Å². The van der Waals surface area contributed by atoms with Gasteiger partial charge in [-0.3, -0.25) is 4.90 Å². The molecule has 7 heteroatoms. The molecular weight excluding hydrogens is 312 g/mol. The highest BCUT2D eigenvalue weighted by Gasteiger charge is 2.06. The van der Waals surface area contributed by atoms with Gasteiger partial charge in [0.2, 0.25) is 0 Å². The van der Waals surface area contributed by atoms with E-state index in [1.165, 1.54) is 0 Å². The van der Waals surface area contributed by atoms with Gasteiger partial charge in [0.1, 0.15) is 0 Å². The lowest BCUT2D eigenvalue weighted by atomic mass is 10.4. The smallest absolute Gasteiger partial charge is 0.0701 e. The summed E-state index contributed by atoms with van der Waals surface area (Å²) in [6.07, 6.45) is 0. The molecule has 0 bridgehead atoms. The van der Waals surface area contributed by atoms with E-state index in [-0.39, 0.29) is 0 Å². The van der Waals surface area contributed by atoms with Crippen LogP contribution in [0.1, 0.15) is 6.92 Å². The number of rotatable bonds is 7. The van der Waals surface area contributed by atoms with E-state index in [4.69, 9.17) is 23.7 Å². The Morgan fingerprint density at radius 1 is 0.708 bits per heavy atom. The highest BCUT2D eigenvalue weighted by Crippen LogP contribution is 1.93. The van der Waals surface area contributed by atoms with Crippen molar-refractivity contribution in [3.05, 3.63) is 0 Å². The molecular formula is C17H36N2O5. The van der Waals surface area contributed by atoms with Crippen molar-refractivity contribution in [3.63, 3.8) is 0 Å². The van der Waals surface area contributed by atoms with Crippen LogP contribution in [0.5, 0.6) is 0 Å². The van der Waals surface area contributed by atoms with Crippen molar-refractivity contribution < 1.29 is 23.7 Å². The van der Waals surface area contributed by atoms with Crippen molar-refractivity contribution in [1.82, 2.24) is 9.80 Å². The lowest BCUT2D eigenvalue weighted by Gasteiger charge is -2.22. The normalized spacial score (nSPS) is 21.2. The van der Waals surface area contributed by atoms with Crippen LogP contribution in [-0.2, 0) is 23.7 Å². The fourth-order valence-corrected chi connectivity index (χ4v) is 2.26. The van der Waals surface area contributed by atoms with Crippen LogP contribution in [0.4, 0.5) is 0 Å². The molecule has 0 spiro atoms. The zero-order valence-corrected chi connectivity index (χ0v) is 15.5. The van der Waals surface area contributed by atoms with Gasteiger partial charge in [0.25, 0.3) is 0 Å². The largest absolute Gasteiger partial charge is 0.379 e. The molecule has 1 aliphatic heterocycles. The van der Waals surface area contributed by atoms with Crippen LogP contribution in [0.2, 0.25) is 0 Å². The van der Waals surface area contributed by atoms with Gasteiger partial charge >= 0.3 is 0 Å². The van der Waals surface area contributed by atoms with Gasteiger partial charge in [-0.25, -0.2) is 0 Å². The second-order valence-corrected chi connectivity index (χ2v) is 5.79. The lowest BCUT2D eigenvalue weighted by Crippen LogP contribution is -2.34. The molecule has 0 saturated carbocycles. The SMILES string of the molecule is CCOCCOCCN1CCOCCOCCN(C)CCOCC1. The molecule has 24 heavy (non-hydrogen) atoms. The Morgan fingerprint density at radius 3 is 1.88 bits per heavy atom. The molecule has 0 radical (unpaired) electrons. The molecule has 0 aromatic rings. The Morgan fingerprint density at radius 2 is 1.25 bits per heavy atom. The van der Waals surface area contributed by atoms with Gasteiger partial charge in [0, 0.05) is 39.3 Å². The fraction of sp³-hybridized carbons (Fsp3) is 1.00. The quantitative estimate of drug-likeness (QED) is 0.615. The van der Waals surface area contributed by atoms with Crippen LogP contribution in [0.3, 0.4) is 0 Å². The van der Waals surface area contributed by atoms with Crippen molar-refractivity contribution in [2.24, 2.45) is 0 Å². The minimum atomic E-state index is 0.651. The first-order chi connectivity index (χ1) is 11.8. The van der Waals surface area contributed by atoms with E-state index in [1.807, 2.05) is 6.92 Å². The van der Waals surface area contributed by atoms with Crippen LogP contribution in [0, 0.1) is 0 Å². The average Bonchev–Trinajstić information content (AvgIpc) is 2.59. The van der Waals surface area contributed by atoms with Gasteiger partial charge in [0.05, 0.1) is 59.5 Å². The first-order valence-electron chi connectivity index (χ1n) is 9.12. The summed E-state index contributed by atoms with van der Waals surface area (Å²) in [6, 6.07) is 0. The molecule has 1 saturated heterocycles. The summed E-state index contributed by atoms with van der Waals surface area (Å²) in [7, 11) is 2.09. The zero-order valence-electron chi connectivity index (χ0n) is 15.5. The summed E-state index contributed by atoms with van der Waals surface area (Å²) in [5.74, 6) is 0. The number of hydrogen-bond acceptors (Lipinski definition) is 7. The zero-order chi connectivity index (χ0) is 17.3. The maximum absolute atomic E-state index is 5.74. The van der Waals surface area contributed by atoms with E-state index >= 15 is 0 Å². The van der Waals surface area contributed by atoms with Gasteiger partial charge in [-0.05, 0) is 14.0 Å². The predicted molar refractivity (Wildman–Crippen MR) is 93.7 cm³/mol. The molecule has 1 aliphatic rings. The Hall–Kier alpha value is -0.280. The second kappa shape index (κ2) is 16.2. The molecule has 1 rings (SSSR count). The third-order valence-corrected chi connectivity index (χ3v) is 3.84. The Kier molecular flexibility index (Phi) is 14.7. The number of nitrogens with zero attached hydrogens (tertiary/aromatic N) is 2. The molecule has 1 heterocycles. The van der Waals surface area contributed by atoms with Gasteiger partial charge < -0.3 is 28.6 Å². The van der Waals surface area contributed by atoms with Crippen LogP contribution in [-0.4, -0.2) is 116 Å². The Balaban J connectivity index is 2.21. The summed E-state index contributed by atoms with van der Waals surface area (Å²) in [4.78, 5) is 4.55. The summed E-state index contributed by atoms with van der Waals surface area (Å²) < 4.78 is 27.8. The van der Waals surface area contributed by atoms with Gasteiger partial charge in [-0.1, -0.05) is 0 Å². The minimum Gasteiger partial charge on any atom is -0.379 e. The van der Waals surface area contributed by atoms with E-state index in [1.54, 1.807) is 0 Å². The summed E-state index contributed by atoms with van der Waals surface area (Å²) in [5.41, 5.74) is 0. The maximum atomic E-state index is 5.74. The third kappa shape index (κ3) is 13.1. The van der Waals surface area contributed by atoms with Crippen LogP contribution >= 0.6 is 0 Å². The monoisotopic (exact) mass is 348 g/mol. The van der Waals surface area contributed by atoms with E-state index in [9.17, 15) is 0 Å². The van der Waals surface area contributed by atoms with Gasteiger partial charge in [0.15, 0.2) is 0 Å². The third-order valence-electron chi connectivity index (χ3n) is 3.84. The van der Waals surface area contributed by atoms with Crippen LogP contribution in [0.25, 0.3) is 0 Å². The molecule has 0 aliphatic carbocycles. The van der Waals surface area contributed by atoms with Crippen molar-refractivity contribution in [2.75, 3.05) is 106 Å². The molecule has 144 valence electrons. The van der Waals surface area contributed by atoms with E-state index in [2.05, 4.69) is 16.8 Å². The van der Waals surface area contributed by atoms with Crippen molar-refractivity contribution in [1.29, 1.82) is 0 Å². The van der Waals surface area contributed by atoms with Crippen LogP contribution in [0.15, 0.2) is 0 Å². The number of ether oxygens (including phenoxy) is 5. The molecule has 0 aromatic carbocycles. The first-order valence-corrected chi connectivity index (χ1v) is 9.12. The summed E-state index contributed by atoms with van der Waals surface area (Å²) in [6.45, 7) is 13.5. The highest BCUT2D eigenvalue weighted by molar-refractivity contribution is 4.58. The molecule has 0 unspecified atom stereocenters. The fourth-order valence-electron chi connectivity index (χ4n) is 2.26. The standard InChI is InChI=1S/C17H36N2O5/c1-3-20-14-15-23-12-7-19-6-11-21-9-4-18(2)5-10-22-16-17-24-13-8-19/h3-17H2,1-2H3. The van der Waals surface area contributed by atoms with E-state index < -0.39 is 0 Å². The Bertz CT molecular complexity index is 271. The molecule has 1 fully saturated rings. The molecule has 7 nitrogen and oxygen atoms in total. The minimum absolute atomic E-state index is 0.651. The lowest BCUT2D eigenvalue weighted by molar-refractivity contribution is 0.0209. The maximum Gasteiger partial charge on any atom is 0.0701 e. The predicted octanol–water partition coefficient (Wildman–Crippen LogP) is 0.337. The Labute approximate surface area is 147 Å². The molecule has 0 aromatic heterocycles. The highest BCUT2D eigenvalue weighted by atomic mass is 16.5. The number of hydrogen-bond donors (Lipinski definition) is 0. The molecule has 0 N–H and O–H groups in total. The topological polar surface area (TPSA) is 52.6 Å². The van der Waals surface area contributed by atoms with Gasteiger partial charge in [-0.15, -0.1) is 0 Å². The van der Waals surface area contributed by atoms with Crippen molar-refractivity contribution >= 4 is 0 Å². The van der Waals surface area contributed by atoms with E-state index in [0.29, 0.717) is 39.6 Å². The number of likely N-dealkylation sites (N-methyl/N-ethyl adjacent to an activating group) is 1. The van der Waals surface area contributed by atoms with Crippen molar-refractivity contribution in [2.45, 2.75) is 6.92 Å². The summed E-state index contributed by atoms with van der Waals surface area (Å²) in [5, 5.41) is 0. The summed E-state index contributed by atoms with van der Waals surface area (Å²) >= 11 is 0. The average molecular weight is 348 g/mol. The van der Waals surface area contributed by atoms with Crippen molar-refractivity contribution in [3.8, 4) is 0 Å². The van der Waals surface area contributed by atoms with Crippen LogP contribution < -0.4 is 0 Å².